The van der Waals surface area contributed by atoms with Gasteiger partial charge in [0.2, 0.25) is 5.88 Å². The monoisotopic (exact) mass is 318 g/mol. The van der Waals surface area contributed by atoms with Crippen molar-refractivity contribution < 1.29 is 4.74 Å². The third-order valence-corrected chi connectivity index (χ3v) is 3.91. The van der Waals surface area contributed by atoms with Crippen LogP contribution >= 0.6 is 0 Å². The van der Waals surface area contributed by atoms with Gasteiger partial charge in [0.1, 0.15) is 18.0 Å². The van der Waals surface area contributed by atoms with E-state index in [0.29, 0.717) is 24.8 Å². The molecular formula is C14H18N6O3. The highest BCUT2D eigenvalue weighted by atomic mass is 16.5. The van der Waals surface area contributed by atoms with E-state index in [1.165, 1.54) is 19.4 Å². The average molecular weight is 318 g/mol. The molecule has 0 saturated carbocycles. The molecule has 1 aliphatic rings. The first kappa shape index (κ1) is 15.1. The van der Waals surface area contributed by atoms with E-state index in [1.54, 1.807) is 13.2 Å². The van der Waals surface area contributed by atoms with Crippen LogP contribution in [0.3, 0.4) is 0 Å². The summed E-state index contributed by atoms with van der Waals surface area (Å²) in [5, 5.41) is 0. The second-order valence-corrected chi connectivity index (χ2v) is 5.25. The maximum atomic E-state index is 11.7. The molecule has 0 atom stereocenters. The van der Waals surface area contributed by atoms with Crippen molar-refractivity contribution >= 4 is 11.6 Å². The Labute approximate surface area is 132 Å². The Morgan fingerprint density at radius 2 is 1.78 bits per heavy atom. The fourth-order valence-corrected chi connectivity index (χ4v) is 2.50. The van der Waals surface area contributed by atoms with Crippen molar-refractivity contribution in [2.45, 2.75) is 0 Å². The van der Waals surface area contributed by atoms with Crippen molar-refractivity contribution in [1.29, 1.82) is 0 Å². The number of ether oxygens (including phenoxy) is 1. The van der Waals surface area contributed by atoms with Crippen LogP contribution in [0.2, 0.25) is 0 Å². The molecule has 1 fully saturated rings. The molecule has 0 spiro atoms. The third-order valence-electron chi connectivity index (χ3n) is 3.91. The van der Waals surface area contributed by atoms with E-state index in [0.717, 1.165) is 23.5 Å². The van der Waals surface area contributed by atoms with Crippen molar-refractivity contribution in [1.82, 2.24) is 19.5 Å². The Morgan fingerprint density at radius 3 is 2.43 bits per heavy atom. The SMILES string of the molecule is COc1cc(N2CCN(c3cc(=O)n(C)c(=O)[nH]3)CC2)ncn1. The number of H-pyrrole nitrogens is 1. The van der Waals surface area contributed by atoms with Gasteiger partial charge in [0, 0.05) is 45.4 Å². The number of nitrogens with one attached hydrogen (secondary N) is 1. The first-order chi connectivity index (χ1) is 11.1. The number of piperazine rings is 1. The van der Waals surface area contributed by atoms with Gasteiger partial charge < -0.3 is 14.5 Å². The molecule has 9 nitrogen and oxygen atoms in total. The van der Waals surface area contributed by atoms with E-state index in [9.17, 15) is 9.59 Å². The molecular weight excluding hydrogens is 300 g/mol. The molecule has 122 valence electrons. The van der Waals surface area contributed by atoms with Gasteiger partial charge in [0.15, 0.2) is 0 Å². The number of hydrogen-bond donors (Lipinski definition) is 1. The van der Waals surface area contributed by atoms with Crippen LogP contribution in [-0.4, -0.2) is 52.8 Å². The summed E-state index contributed by atoms with van der Waals surface area (Å²) in [6, 6.07) is 3.24. The zero-order valence-corrected chi connectivity index (χ0v) is 13.0. The van der Waals surface area contributed by atoms with Gasteiger partial charge in [-0.2, -0.15) is 0 Å². The second-order valence-electron chi connectivity index (χ2n) is 5.25. The lowest BCUT2D eigenvalue weighted by molar-refractivity contribution is 0.396. The van der Waals surface area contributed by atoms with Crippen molar-refractivity contribution in [3.63, 3.8) is 0 Å². The van der Waals surface area contributed by atoms with Crippen LogP contribution in [0.15, 0.2) is 28.0 Å². The summed E-state index contributed by atoms with van der Waals surface area (Å²) in [5.74, 6) is 1.88. The normalized spacial score (nSPS) is 14.9. The molecule has 3 rings (SSSR count). The molecule has 3 heterocycles. The Bertz CT molecular complexity index is 775. The lowest BCUT2D eigenvalue weighted by atomic mass is 10.3. The fourth-order valence-electron chi connectivity index (χ4n) is 2.50. The number of hydrogen-bond acceptors (Lipinski definition) is 7. The minimum absolute atomic E-state index is 0.313. The van der Waals surface area contributed by atoms with Gasteiger partial charge in [-0.3, -0.25) is 14.3 Å². The number of anilines is 2. The highest BCUT2D eigenvalue weighted by Crippen LogP contribution is 2.18. The third kappa shape index (κ3) is 3.03. The standard InChI is InChI=1S/C14H18N6O3/c1-18-13(21)8-11(17-14(18)22)20-5-3-19(4-6-20)10-7-12(23-2)16-9-15-10/h7-9H,3-6H2,1-2H3,(H,17,22). The molecule has 1 N–H and O–H groups in total. The molecule has 0 aliphatic carbocycles. The van der Waals surface area contributed by atoms with Crippen LogP contribution in [0.25, 0.3) is 0 Å². The van der Waals surface area contributed by atoms with E-state index in [1.807, 2.05) is 4.90 Å². The Kier molecular flexibility index (Phi) is 4.00. The molecule has 0 aromatic carbocycles. The molecule has 9 heteroatoms. The minimum Gasteiger partial charge on any atom is -0.481 e. The average Bonchev–Trinajstić information content (AvgIpc) is 2.59. The van der Waals surface area contributed by atoms with Crippen LogP contribution in [0.5, 0.6) is 5.88 Å². The Hall–Kier alpha value is -2.84. The van der Waals surface area contributed by atoms with E-state index in [2.05, 4.69) is 19.9 Å². The van der Waals surface area contributed by atoms with Crippen molar-refractivity contribution in [2.75, 3.05) is 43.1 Å². The van der Waals surface area contributed by atoms with Gasteiger partial charge in [0.25, 0.3) is 5.56 Å². The topological polar surface area (TPSA) is 96.3 Å². The van der Waals surface area contributed by atoms with Gasteiger partial charge in [-0.05, 0) is 0 Å². The Balaban J connectivity index is 1.73. The summed E-state index contributed by atoms with van der Waals surface area (Å²) in [6.07, 6.45) is 1.47. The lowest BCUT2D eigenvalue weighted by Gasteiger charge is -2.36. The van der Waals surface area contributed by atoms with E-state index < -0.39 is 5.69 Å². The van der Waals surface area contributed by atoms with Crippen molar-refractivity contribution in [2.24, 2.45) is 7.05 Å². The van der Waals surface area contributed by atoms with E-state index in [-0.39, 0.29) is 5.56 Å². The predicted octanol–water partition coefficient (Wildman–Crippen LogP) is -0.801. The first-order valence-corrected chi connectivity index (χ1v) is 7.25. The molecule has 1 saturated heterocycles. The van der Waals surface area contributed by atoms with E-state index >= 15 is 0 Å². The number of methoxy groups -OCH3 is 1. The molecule has 0 unspecified atom stereocenters. The lowest BCUT2D eigenvalue weighted by Crippen LogP contribution is -2.48. The number of rotatable bonds is 3. The maximum absolute atomic E-state index is 11.7. The molecule has 2 aromatic rings. The molecule has 23 heavy (non-hydrogen) atoms. The molecule has 0 bridgehead atoms. The molecule has 1 aliphatic heterocycles. The van der Waals surface area contributed by atoms with Gasteiger partial charge in [0.05, 0.1) is 7.11 Å². The summed E-state index contributed by atoms with van der Waals surface area (Å²) in [5.41, 5.74) is -0.720. The quantitative estimate of drug-likeness (QED) is 0.791. The van der Waals surface area contributed by atoms with Crippen molar-refractivity contribution in [3.05, 3.63) is 39.3 Å². The highest BCUT2D eigenvalue weighted by Gasteiger charge is 2.20. The van der Waals surface area contributed by atoms with Crippen LogP contribution in [0.4, 0.5) is 11.6 Å². The zero-order chi connectivity index (χ0) is 16.4. The summed E-state index contributed by atoms with van der Waals surface area (Å²) in [7, 11) is 3.02. The maximum Gasteiger partial charge on any atom is 0.329 e. The number of nitrogens with zero attached hydrogens (tertiary/aromatic N) is 5. The molecule has 0 radical (unpaired) electrons. The fraction of sp³-hybridized carbons (Fsp3) is 0.429. The van der Waals surface area contributed by atoms with Gasteiger partial charge in [-0.15, -0.1) is 0 Å². The summed E-state index contributed by atoms with van der Waals surface area (Å²) >= 11 is 0. The molecule has 0 amide bonds. The van der Waals surface area contributed by atoms with Crippen molar-refractivity contribution in [3.8, 4) is 5.88 Å². The van der Waals surface area contributed by atoms with Crippen LogP contribution in [0.1, 0.15) is 0 Å². The number of aromatic amines is 1. The zero-order valence-electron chi connectivity index (χ0n) is 13.0. The van der Waals surface area contributed by atoms with Gasteiger partial charge >= 0.3 is 5.69 Å². The number of aromatic nitrogens is 4. The van der Waals surface area contributed by atoms with Gasteiger partial charge in [-0.25, -0.2) is 14.8 Å². The second kappa shape index (κ2) is 6.11. The van der Waals surface area contributed by atoms with E-state index in [4.69, 9.17) is 4.74 Å². The highest BCUT2D eigenvalue weighted by molar-refractivity contribution is 5.45. The smallest absolute Gasteiger partial charge is 0.329 e. The minimum atomic E-state index is -0.407. The first-order valence-electron chi connectivity index (χ1n) is 7.25. The van der Waals surface area contributed by atoms with Crippen LogP contribution in [0, 0.1) is 0 Å². The Morgan fingerprint density at radius 1 is 1.09 bits per heavy atom. The summed E-state index contributed by atoms with van der Waals surface area (Å²) in [4.78, 5) is 38.5. The summed E-state index contributed by atoms with van der Waals surface area (Å²) < 4.78 is 6.16. The predicted molar refractivity (Wildman–Crippen MR) is 85.3 cm³/mol. The van der Waals surface area contributed by atoms with Crippen LogP contribution in [-0.2, 0) is 7.05 Å². The summed E-state index contributed by atoms with van der Waals surface area (Å²) in [6.45, 7) is 2.79. The largest absolute Gasteiger partial charge is 0.481 e. The molecule has 2 aromatic heterocycles. The van der Waals surface area contributed by atoms with Crippen LogP contribution < -0.4 is 25.8 Å². The van der Waals surface area contributed by atoms with Gasteiger partial charge in [-0.1, -0.05) is 0 Å².